The van der Waals surface area contributed by atoms with Gasteiger partial charge in [-0.1, -0.05) is 96.9 Å². The van der Waals surface area contributed by atoms with Crippen molar-refractivity contribution >= 4 is 70.8 Å². The van der Waals surface area contributed by atoms with E-state index in [1.807, 2.05) is 41.5 Å². The van der Waals surface area contributed by atoms with Gasteiger partial charge in [0.25, 0.3) is 0 Å². The number of carbonyl (C=O) groups excluding carboxylic acids is 9. The molecule has 0 saturated carbocycles. The molecule has 11 atom stereocenters. The van der Waals surface area contributed by atoms with Gasteiger partial charge in [-0.2, -0.15) is 0 Å². The molecule has 2 heterocycles. The number of hydrogen-bond donors (Lipinski definition) is 11. The van der Waals surface area contributed by atoms with Crippen LogP contribution in [0.5, 0.6) is 0 Å². The molecule has 0 bridgehead atoms. The zero-order valence-corrected chi connectivity index (χ0v) is 54.7. The molecule has 0 spiro atoms. The van der Waals surface area contributed by atoms with Crippen molar-refractivity contribution in [1.82, 2.24) is 51.7 Å². The number of carboxylic acid groups (broad SMARTS) is 1. The van der Waals surface area contributed by atoms with Crippen LogP contribution in [-0.4, -0.2) is 156 Å². The summed E-state index contributed by atoms with van der Waals surface area (Å²) in [4.78, 5) is 148. The summed E-state index contributed by atoms with van der Waals surface area (Å²) in [5, 5.41) is 53.2. The van der Waals surface area contributed by atoms with Gasteiger partial charge in [-0.15, -0.1) is 11.3 Å². The van der Waals surface area contributed by atoms with Crippen LogP contribution in [-0.2, 0) is 49.6 Å². The third kappa shape index (κ3) is 25.4. The smallest absolute Gasteiger partial charge is 0.413 e. The lowest BCUT2D eigenvalue weighted by molar-refractivity contribution is -0.137. The number of hydrogen-bond acceptors (Lipinski definition) is 17. The lowest BCUT2D eigenvalue weighted by Crippen LogP contribution is -2.58. The van der Waals surface area contributed by atoms with Crippen molar-refractivity contribution in [3.8, 4) is 0 Å². The summed E-state index contributed by atoms with van der Waals surface area (Å²) in [7, 11) is 0. The summed E-state index contributed by atoms with van der Waals surface area (Å²) >= 11 is 1.06. The number of nitrogens with two attached hydrogens (primary N) is 2. The molecule has 0 aliphatic rings. The highest BCUT2D eigenvalue weighted by Gasteiger charge is 2.45. The number of aryl methyl sites for hydroxylation is 3. The van der Waals surface area contributed by atoms with Crippen molar-refractivity contribution in [2.75, 3.05) is 13.1 Å². The number of thiazole rings is 1. The van der Waals surface area contributed by atoms with Gasteiger partial charge in [0.1, 0.15) is 40.6 Å². The SMILES string of the molecule is Cc1csc(CN(C(=O)OC(c2nc(C)oc2C)N(C(=O)O)C(CC(N)=O)C(=O)NC(CC(C)C)C(O)CC(C)C(=O)NC(C(=O)NCC(C)C)C(C)C)C(CC(N)=O)C(=O)NC(CC(C)C)C(O)CC(C)C(=O)NC(C(=O)NCC(C)C)C(C)C)n1. The van der Waals surface area contributed by atoms with Crippen LogP contribution in [0.25, 0.3) is 0 Å². The van der Waals surface area contributed by atoms with Gasteiger partial charge in [0.2, 0.25) is 53.5 Å². The van der Waals surface area contributed by atoms with Crippen LogP contribution in [0.3, 0.4) is 0 Å². The van der Waals surface area contributed by atoms with Gasteiger partial charge >= 0.3 is 12.2 Å². The van der Waals surface area contributed by atoms with E-state index in [9.17, 15) is 58.5 Å². The Hall–Kier alpha value is -6.94. The molecular formula is C59H100N12O15S. The highest BCUT2D eigenvalue weighted by Crippen LogP contribution is 2.32. The molecule has 0 aromatic carbocycles. The van der Waals surface area contributed by atoms with Crippen LogP contribution in [0.4, 0.5) is 9.59 Å². The van der Waals surface area contributed by atoms with Crippen LogP contribution >= 0.6 is 11.3 Å². The maximum atomic E-state index is 15.2. The molecule has 11 unspecified atom stereocenters. The monoisotopic (exact) mass is 1250 g/mol. The Kier molecular flexibility index (Phi) is 31.3. The summed E-state index contributed by atoms with van der Waals surface area (Å²) in [6.45, 7) is 29.6. The highest BCUT2D eigenvalue weighted by atomic mass is 32.1. The first-order valence-corrected chi connectivity index (χ1v) is 30.8. The predicted molar refractivity (Wildman–Crippen MR) is 324 cm³/mol. The third-order valence-electron chi connectivity index (χ3n) is 14.2. The Bertz CT molecular complexity index is 2620. The Morgan fingerprint density at radius 3 is 1.36 bits per heavy atom. The second-order valence-corrected chi connectivity index (χ2v) is 26.1. The fourth-order valence-corrected chi connectivity index (χ4v) is 10.3. The first kappa shape index (κ1) is 76.2. The first-order valence-electron chi connectivity index (χ1n) is 29.9. The van der Waals surface area contributed by atoms with Crippen LogP contribution in [0.15, 0.2) is 9.80 Å². The zero-order chi connectivity index (χ0) is 66.5. The number of primary amides is 2. The fraction of sp³-hybridized carbons (Fsp3) is 0.729. The molecule has 0 radical (unpaired) electrons. The standard InChI is InChI=1S/C59H100N12O15S/c1-28(2)18-39(43(72)20-34(13)51(76)68-48(32(9)10)55(80)62-24-30(5)6)66-53(78)41(22-45(60)74)70(26-47-64-36(15)27-87-47)59(84)86-57(50-37(16)85-38(17)65-50)71(58(82)83)42(23-46(61)75)54(79)67-40(19-29(3)4)44(73)21-35(14)52(77)69-49(33(11)12)56(81)63-25-31(7)8/h27-35,39-44,48-49,57,72-73H,18-26H2,1-17H3,(H2,60,74)(H2,61,75)(H,62,80)(H,63,81)(H,66,78)(H,67,79)(H,68,76)(H,69,77)(H,82,83). The molecule has 0 saturated heterocycles. The van der Waals surface area contributed by atoms with Crippen LogP contribution in [0.2, 0.25) is 0 Å². The van der Waals surface area contributed by atoms with Crippen LogP contribution in [0, 0.1) is 68.1 Å². The van der Waals surface area contributed by atoms with Gasteiger partial charge < -0.3 is 67.8 Å². The van der Waals surface area contributed by atoms with Crippen molar-refractivity contribution in [2.45, 2.75) is 217 Å². The quantitative estimate of drug-likeness (QED) is 0.0428. The van der Waals surface area contributed by atoms with E-state index in [4.69, 9.17) is 20.6 Å². The molecule has 2 aromatic heterocycles. The van der Waals surface area contributed by atoms with E-state index in [1.54, 1.807) is 60.8 Å². The van der Waals surface area contributed by atoms with Gasteiger partial charge in [-0.05, 0) is 75.0 Å². The second-order valence-electron chi connectivity index (χ2n) is 25.1. The largest absolute Gasteiger partial charge is 0.465 e. The Morgan fingerprint density at radius 1 is 0.586 bits per heavy atom. The number of aliphatic hydroxyl groups excluding tert-OH is 2. The molecule has 2 aromatic rings. The number of rotatable bonds is 37. The third-order valence-corrected chi connectivity index (χ3v) is 15.1. The number of carbonyl (C=O) groups is 10. The maximum Gasteiger partial charge on any atom is 0.413 e. The number of ether oxygens (including phenoxy) is 1. The van der Waals surface area contributed by atoms with Crippen LogP contribution in [0.1, 0.15) is 170 Å². The van der Waals surface area contributed by atoms with E-state index < -0.39 is 139 Å². The Morgan fingerprint density at radius 2 is 1.01 bits per heavy atom. The molecule has 0 aliphatic heterocycles. The topological polar surface area (TPSA) is 410 Å². The number of nitrogens with zero attached hydrogens (tertiary/aromatic N) is 4. The van der Waals surface area contributed by atoms with E-state index in [1.165, 1.54) is 20.8 Å². The Labute approximate surface area is 515 Å². The molecule has 2 rings (SSSR count). The van der Waals surface area contributed by atoms with Gasteiger partial charge in [0.05, 0.1) is 43.7 Å². The second kappa shape index (κ2) is 35.8. The fourth-order valence-electron chi connectivity index (χ4n) is 9.50. The van der Waals surface area contributed by atoms with Crippen molar-refractivity contribution in [1.29, 1.82) is 0 Å². The van der Waals surface area contributed by atoms with Crippen LogP contribution < -0.4 is 43.4 Å². The van der Waals surface area contributed by atoms with Crippen molar-refractivity contribution in [3.63, 3.8) is 0 Å². The van der Waals surface area contributed by atoms with Crippen molar-refractivity contribution < 1.29 is 72.4 Å². The molecule has 0 aliphatic carbocycles. The average molecular weight is 1250 g/mol. The number of oxazole rings is 1. The summed E-state index contributed by atoms with van der Waals surface area (Å²) < 4.78 is 11.7. The first-order chi connectivity index (χ1) is 40.3. The average Bonchev–Trinajstić information content (AvgIpc) is 2.26. The molecule has 10 amide bonds. The summed E-state index contributed by atoms with van der Waals surface area (Å²) in [6.07, 6.45) is -10.9. The lowest BCUT2D eigenvalue weighted by Gasteiger charge is -2.37. The molecule has 13 N–H and O–H groups in total. The maximum absolute atomic E-state index is 15.2. The van der Waals surface area contributed by atoms with E-state index in [0.717, 1.165) is 16.2 Å². The lowest BCUT2D eigenvalue weighted by atomic mass is 9.91. The summed E-state index contributed by atoms with van der Waals surface area (Å²) in [5.41, 5.74) is 11.6. The molecule has 28 heteroatoms. The van der Waals surface area contributed by atoms with Gasteiger partial charge in [-0.3, -0.25) is 48.2 Å². The van der Waals surface area contributed by atoms with Gasteiger partial charge in [-0.25, -0.2) is 19.6 Å². The number of aliphatic hydroxyl groups is 2. The number of aromatic nitrogens is 2. The van der Waals surface area contributed by atoms with E-state index in [2.05, 4.69) is 41.9 Å². The highest BCUT2D eigenvalue weighted by molar-refractivity contribution is 7.09. The number of nitrogens with one attached hydrogen (secondary N) is 6. The van der Waals surface area contributed by atoms with Crippen molar-refractivity contribution in [3.05, 3.63) is 33.4 Å². The number of amides is 10. The normalized spacial score (nSPS) is 15.5. The molecule has 492 valence electrons. The van der Waals surface area contributed by atoms with E-state index in [0.29, 0.717) is 23.7 Å². The summed E-state index contributed by atoms with van der Waals surface area (Å²) in [6, 6.07) is -8.18. The zero-order valence-electron chi connectivity index (χ0n) is 53.8. The predicted octanol–water partition coefficient (Wildman–Crippen LogP) is 3.82. The van der Waals surface area contributed by atoms with Gasteiger partial charge in [0, 0.05) is 42.9 Å². The molecular weight excluding hydrogens is 1150 g/mol. The minimum absolute atomic E-state index is 0.0548. The Balaban J connectivity index is 2.75. The summed E-state index contributed by atoms with van der Waals surface area (Å²) in [5.74, 6) is -9.16. The minimum atomic E-state index is -2.30. The van der Waals surface area contributed by atoms with E-state index >= 15 is 4.79 Å². The molecule has 87 heavy (non-hydrogen) atoms. The minimum Gasteiger partial charge on any atom is -0.465 e. The van der Waals surface area contributed by atoms with E-state index in [-0.39, 0.29) is 89.7 Å². The van der Waals surface area contributed by atoms with Gasteiger partial charge in [0.15, 0.2) is 5.89 Å². The molecule has 0 fully saturated rings. The van der Waals surface area contributed by atoms with Crippen molar-refractivity contribution in [2.24, 2.45) is 58.8 Å². The molecule has 27 nitrogen and oxygen atoms in total.